The zero-order chi connectivity index (χ0) is 11.1. The van der Waals surface area contributed by atoms with Gasteiger partial charge in [-0.05, 0) is 19.8 Å². The van der Waals surface area contributed by atoms with E-state index in [1.807, 2.05) is 0 Å². The highest BCUT2D eigenvalue weighted by Crippen LogP contribution is 2.00. The third-order valence-corrected chi connectivity index (χ3v) is 1.94. The van der Waals surface area contributed by atoms with E-state index < -0.39 is 0 Å². The number of aromatic nitrogens is 2. The molecule has 0 unspecified atom stereocenters. The van der Waals surface area contributed by atoms with Gasteiger partial charge in [-0.2, -0.15) is 0 Å². The molecule has 4 heteroatoms. The Bertz CT molecular complexity index is 317. The number of rotatable bonds is 6. The Balaban J connectivity index is 2.03. The smallest absolute Gasteiger partial charge is 0.333 e. The van der Waals surface area contributed by atoms with Crippen LogP contribution in [0.2, 0.25) is 0 Å². The fraction of sp³-hybridized carbons (Fsp3) is 0.455. The molecule has 1 aromatic rings. The number of carbonyl (C=O) groups is 1. The number of hydrogen-bond acceptors (Lipinski definition) is 3. The molecule has 1 heterocycles. The minimum atomic E-state index is -0.312. The molecule has 0 saturated carbocycles. The van der Waals surface area contributed by atoms with Crippen LogP contribution in [0.25, 0.3) is 0 Å². The Kier molecular flexibility index (Phi) is 4.60. The summed E-state index contributed by atoms with van der Waals surface area (Å²) in [5, 5.41) is 0. The Labute approximate surface area is 89.4 Å². The van der Waals surface area contributed by atoms with Crippen molar-refractivity contribution in [3.05, 3.63) is 30.4 Å². The van der Waals surface area contributed by atoms with Gasteiger partial charge in [-0.3, -0.25) is 0 Å². The first-order valence-electron chi connectivity index (χ1n) is 5.01. The van der Waals surface area contributed by atoms with Crippen LogP contribution >= 0.6 is 0 Å². The summed E-state index contributed by atoms with van der Waals surface area (Å²) in [5.74, 6) is 0.661. The zero-order valence-corrected chi connectivity index (χ0v) is 8.95. The second kappa shape index (κ2) is 6.01. The lowest BCUT2D eigenvalue weighted by Crippen LogP contribution is -2.06. The molecule has 82 valence electrons. The van der Waals surface area contributed by atoms with Crippen LogP contribution in [0.15, 0.2) is 24.5 Å². The molecule has 0 spiro atoms. The number of unbranched alkanes of at least 4 members (excludes halogenated alkanes) is 1. The summed E-state index contributed by atoms with van der Waals surface area (Å²) in [5.41, 5.74) is 0.445. The van der Waals surface area contributed by atoms with Crippen molar-refractivity contribution in [2.24, 2.45) is 0 Å². The van der Waals surface area contributed by atoms with Crippen LogP contribution in [0.4, 0.5) is 0 Å². The molecule has 1 aromatic heterocycles. The van der Waals surface area contributed by atoms with Gasteiger partial charge in [0.05, 0.1) is 6.61 Å². The Hall–Kier alpha value is -1.58. The number of aryl methyl sites for hydroxylation is 1. The monoisotopic (exact) mass is 208 g/mol. The fourth-order valence-electron chi connectivity index (χ4n) is 1.12. The molecule has 15 heavy (non-hydrogen) atoms. The normalized spacial score (nSPS) is 9.93. The maximum Gasteiger partial charge on any atom is 0.333 e. The average Bonchev–Trinajstić information content (AvgIpc) is 2.69. The van der Waals surface area contributed by atoms with Crippen molar-refractivity contribution >= 4 is 5.97 Å². The van der Waals surface area contributed by atoms with Gasteiger partial charge in [0, 0.05) is 24.4 Å². The number of imidazole rings is 1. The number of nitrogens with zero attached hydrogens (tertiary/aromatic N) is 1. The average molecular weight is 208 g/mol. The second-order valence-corrected chi connectivity index (χ2v) is 3.41. The van der Waals surface area contributed by atoms with Gasteiger partial charge in [0.25, 0.3) is 0 Å². The minimum Gasteiger partial charge on any atom is -0.462 e. The van der Waals surface area contributed by atoms with Crippen LogP contribution in [-0.2, 0) is 16.0 Å². The predicted octanol–water partition coefficient (Wildman–Crippen LogP) is 1.85. The zero-order valence-electron chi connectivity index (χ0n) is 8.95. The van der Waals surface area contributed by atoms with Crippen molar-refractivity contribution < 1.29 is 9.53 Å². The molecule has 4 nitrogen and oxygen atoms in total. The van der Waals surface area contributed by atoms with Crippen molar-refractivity contribution in [1.29, 1.82) is 0 Å². The van der Waals surface area contributed by atoms with Crippen LogP contribution in [-0.4, -0.2) is 22.5 Å². The molecule has 0 saturated heterocycles. The van der Waals surface area contributed by atoms with Crippen LogP contribution < -0.4 is 0 Å². The third kappa shape index (κ3) is 4.44. The van der Waals surface area contributed by atoms with Crippen molar-refractivity contribution in [3.63, 3.8) is 0 Å². The number of ether oxygens (including phenoxy) is 1. The van der Waals surface area contributed by atoms with Crippen LogP contribution in [0.3, 0.4) is 0 Å². The molecule has 0 amide bonds. The van der Waals surface area contributed by atoms with Gasteiger partial charge >= 0.3 is 5.97 Å². The SMILES string of the molecule is C=C(C)C(=O)OCCCCc1ncc[nH]1. The van der Waals surface area contributed by atoms with Crippen molar-refractivity contribution in [2.75, 3.05) is 6.61 Å². The lowest BCUT2D eigenvalue weighted by atomic mass is 10.2. The standard InChI is InChI=1S/C11H16N2O2/c1-9(2)11(14)15-8-4-3-5-10-12-6-7-13-10/h6-7H,1,3-5,8H2,2H3,(H,12,13). The van der Waals surface area contributed by atoms with E-state index >= 15 is 0 Å². The van der Waals surface area contributed by atoms with Crippen molar-refractivity contribution in [1.82, 2.24) is 9.97 Å². The topological polar surface area (TPSA) is 55.0 Å². The molecule has 0 atom stereocenters. The Morgan fingerprint density at radius 3 is 3.00 bits per heavy atom. The summed E-state index contributed by atoms with van der Waals surface area (Å²) >= 11 is 0. The first kappa shape index (κ1) is 11.5. The second-order valence-electron chi connectivity index (χ2n) is 3.41. The Morgan fingerprint density at radius 1 is 1.60 bits per heavy atom. The van der Waals surface area contributed by atoms with Gasteiger partial charge < -0.3 is 9.72 Å². The van der Waals surface area contributed by atoms with Gasteiger partial charge in [0.15, 0.2) is 0 Å². The lowest BCUT2D eigenvalue weighted by molar-refractivity contribution is -0.139. The molecular weight excluding hydrogens is 192 g/mol. The van der Waals surface area contributed by atoms with E-state index in [0.29, 0.717) is 12.2 Å². The van der Waals surface area contributed by atoms with Crippen LogP contribution in [0.1, 0.15) is 25.6 Å². The predicted molar refractivity (Wildman–Crippen MR) is 57.3 cm³/mol. The summed E-state index contributed by atoms with van der Waals surface area (Å²) < 4.78 is 4.95. The van der Waals surface area contributed by atoms with Crippen LogP contribution in [0, 0.1) is 0 Å². The molecule has 0 aliphatic heterocycles. The molecular formula is C11H16N2O2. The van der Waals surface area contributed by atoms with E-state index in [1.54, 1.807) is 19.3 Å². The fourth-order valence-corrected chi connectivity index (χ4v) is 1.12. The molecule has 0 aliphatic carbocycles. The van der Waals surface area contributed by atoms with E-state index in [0.717, 1.165) is 25.1 Å². The molecule has 1 N–H and O–H groups in total. The summed E-state index contributed by atoms with van der Waals surface area (Å²) in [4.78, 5) is 18.1. The highest BCUT2D eigenvalue weighted by Gasteiger charge is 2.02. The van der Waals surface area contributed by atoms with Gasteiger partial charge in [-0.25, -0.2) is 9.78 Å². The summed E-state index contributed by atoms with van der Waals surface area (Å²) in [6.45, 7) is 5.60. The van der Waals surface area contributed by atoms with E-state index in [2.05, 4.69) is 16.5 Å². The number of aromatic amines is 1. The summed E-state index contributed by atoms with van der Waals surface area (Å²) in [6, 6.07) is 0. The highest BCUT2D eigenvalue weighted by atomic mass is 16.5. The van der Waals surface area contributed by atoms with E-state index in [9.17, 15) is 4.79 Å². The van der Waals surface area contributed by atoms with Gasteiger partial charge in [0.2, 0.25) is 0 Å². The van der Waals surface area contributed by atoms with Gasteiger partial charge in [0.1, 0.15) is 5.82 Å². The summed E-state index contributed by atoms with van der Waals surface area (Å²) in [6.07, 6.45) is 6.22. The first-order valence-corrected chi connectivity index (χ1v) is 5.01. The van der Waals surface area contributed by atoms with Crippen molar-refractivity contribution in [3.8, 4) is 0 Å². The molecule has 0 radical (unpaired) electrons. The molecule has 1 rings (SSSR count). The quantitative estimate of drug-likeness (QED) is 0.441. The number of nitrogens with one attached hydrogen (secondary N) is 1. The maximum absolute atomic E-state index is 11.0. The lowest BCUT2D eigenvalue weighted by Gasteiger charge is -2.03. The molecule has 0 fully saturated rings. The maximum atomic E-state index is 11.0. The third-order valence-electron chi connectivity index (χ3n) is 1.94. The molecule has 0 aliphatic rings. The number of H-pyrrole nitrogens is 1. The highest BCUT2D eigenvalue weighted by molar-refractivity contribution is 5.86. The molecule has 0 aromatic carbocycles. The number of hydrogen-bond donors (Lipinski definition) is 1. The number of carbonyl (C=O) groups excluding carboxylic acids is 1. The first-order chi connectivity index (χ1) is 7.20. The Morgan fingerprint density at radius 2 is 2.40 bits per heavy atom. The number of esters is 1. The molecule has 0 bridgehead atoms. The van der Waals surface area contributed by atoms with Crippen molar-refractivity contribution in [2.45, 2.75) is 26.2 Å². The van der Waals surface area contributed by atoms with Gasteiger partial charge in [-0.1, -0.05) is 6.58 Å². The minimum absolute atomic E-state index is 0.312. The van der Waals surface area contributed by atoms with Gasteiger partial charge in [-0.15, -0.1) is 0 Å². The van der Waals surface area contributed by atoms with Crippen LogP contribution in [0.5, 0.6) is 0 Å². The summed E-state index contributed by atoms with van der Waals surface area (Å²) in [7, 11) is 0. The van der Waals surface area contributed by atoms with E-state index in [-0.39, 0.29) is 5.97 Å². The van der Waals surface area contributed by atoms with E-state index in [4.69, 9.17) is 4.74 Å². The van der Waals surface area contributed by atoms with E-state index in [1.165, 1.54) is 0 Å². The largest absolute Gasteiger partial charge is 0.462 e.